The van der Waals surface area contributed by atoms with Crippen molar-refractivity contribution in [1.82, 2.24) is 5.43 Å². The maximum absolute atomic E-state index is 5.63. The Morgan fingerprint density at radius 2 is 2.25 bits per heavy atom. The van der Waals surface area contributed by atoms with Crippen LogP contribution < -0.4 is 16.0 Å². The second-order valence-corrected chi connectivity index (χ2v) is 5.51. The molecule has 5 heteroatoms. The lowest BCUT2D eigenvalue weighted by Gasteiger charge is -2.14. The van der Waals surface area contributed by atoms with Gasteiger partial charge in [0.15, 0.2) is 0 Å². The largest absolute Gasteiger partial charge is 0.496 e. The van der Waals surface area contributed by atoms with Gasteiger partial charge < -0.3 is 4.74 Å². The second kappa shape index (κ2) is 4.97. The zero-order valence-corrected chi connectivity index (χ0v) is 10.8. The van der Waals surface area contributed by atoms with Crippen LogP contribution in [-0.4, -0.2) is 7.11 Å². The molecule has 0 aliphatic heterocycles. The summed E-state index contributed by atoms with van der Waals surface area (Å²) in [6.45, 7) is 2.09. The number of hydrogen-bond donors (Lipinski definition) is 2. The van der Waals surface area contributed by atoms with Crippen LogP contribution in [0.15, 0.2) is 22.9 Å². The van der Waals surface area contributed by atoms with E-state index in [0.717, 1.165) is 10.6 Å². The highest BCUT2D eigenvalue weighted by Gasteiger charge is 2.19. The topological polar surface area (TPSA) is 47.3 Å². The molecule has 0 spiro atoms. The summed E-state index contributed by atoms with van der Waals surface area (Å²) >= 11 is 3.38. The summed E-state index contributed by atoms with van der Waals surface area (Å²) < 4.78 is 5.31. The lowest BCUT2D eigenvalue weighted by molar-refractivity contribution is 0.408. The van der Waals surface area contributed by atoms with Gasteiger partial charge in [-0.05, 0) is 35.4 Å². The number of hydrogen-bond acceptors (Lipinski definition) is 5. The normalized spacial score (nSPS) is 12.7. The SMILES string of the molecule is COc1ccsc1C(NN)c1csc(C)c1. The number of hydrazine groups is 1. The fourth-order valence-electron chi connectivity index (χ4n) is 1.63. The van der Waals surface area contributed by atoms with Gasteiger partial charge in [-0.15, -0.1) is 22.7 Å². The molecule has 0 amide bonds. The highest BCUT2D eigenvalue weighted by molar-refractivity contribution is 7.10. The molecule has 0 aromatic carbocycles. The first-order valence-corrected chi connectivity index (χ1v) is 6.64. The minimum atomic E-state index is 0.0138. The molecule has 0 aliphatic rings. The fraction of sp³-hybridized carbons (Fsp3) is 0.273. The second-order valence-electron chi connectivity index (χ2n) is 3.44. The van der Waals surface area contributed by atoms with Gasteiger partial charge in [-0.25, -0.2) is 5.43 Å². The Morgan fingerprint density at radius 1 is 1.44 bits per heavy atom. The maximum atomic E-state index is 5.63. The number of methoxy groups -OCH3 is 1. The summed E-state index contributed by atoms with van der Waals surface area (Å²) in [6, 6.07) is 4.12. The van der Waals surface area contributed by atoms with Crippen molar-refractivity contribution < 1.29 is 4.74 Å². The molecule has 2 heterocycles. The Hall–Kier alpha value is -0.880. The van der Waals surface area contributed by atoms with Crippen molar-refractivity contribution >= 4 is 22.7 Å². The van der Waals surface area contributed by atoms with Gasteiger partial charge in [-0.3, -0.25) is 5.84 Å². The van der Waals surface area contributed by atoms with Crippen LogP contribution in [0, 0.1) is 6.92 Å². The molecule has 16 heavy (non-hydrogen) atoms. The Bertz CT molecular complexity index is 464. The summed E-state index contributed by atoms with van der Waals surface area (Å²) in [6.07, 6.45) is 0. The highest BCUT2D eigenvalue weighted by atomic mass is 32.1. The molecule has 0 radical (unpaired) electrons. The van der Waals surface area contributed by atoms with Crippen LogP contribution in [0.5, 0.6) is 5.75 Å². The Morgan fingerprint density at radius 3 is 2.81 bits per heavy atom. The van der Waals surface area contributed by atoms with Crippen molar-refractivity contribution in [2.45, 2.75) is 13.0 Å². The molecule has 1 atom stereocenters. The quantitative estimate of drug-likeness (QED) is 0.651. The Balaban J connectivity index is 2.36. The van der Waals surface area contributed by atoms with Gasteiger partial charge in [0.25, 0.3) is 0 Å². The van der Waals surface area contributed by atoms with Gasteiger partial charge in [0.05, 0.1) is 18.0 Å². The molecule has 0 aliphatic carbocycles. The van der Waals surface area contributed by atoms with Crippen molar-refractivity contribution in [3.8, 4) is 5.75 Å². The van der Waals surface area contributed by atoms with Crippen molar-refractivity contribution in [2.75, 3.05) is 7.11 Å². The Kier molecular flexibility index (Phi) is 3.60. The Labute approximate surface area is 103 Å². The minimum Gasteiger partial charge on any atom is -0.496 e. The minimum absolute atomic E-state index is 0.0138. The van der Waals surface area contributed by atoms with Gasteiger partial charge >= 0.3 is 0 Å². The van der Waals surface area contributed by atoms with E-state index in [1.807, 2.05) is 11.4 Å². The molecule has 0 saturated carbocycles. The van der Waals surface area contributed by atoms with Gasteiger partial charge in [0, 0.05) is 4.88 Å². The first-order valence-electron chi connectivity index (χ1n) is 4.88. The summed E-state index contributed by atoms with van der Waals surface area (Å²) in [4.78, 5) is 2.40. The third-order valence-electron chi connectivity index (χ3n) is 2.39. The first-order chi connectivity index (χ1) is 7.76. The predicted molar refractivity (Wildman–Crippen MR) is 69.1 cm³/mol. The first kappa shape index (κ1) is 11.6. The summed E-state index contributed by atoms with van der Waals surface area (Å²) in [7, 11) is 1.68. The number of thiophene rings is 2. The van der Waals surface area contributed by atoms with Crippen molar-refractivity contribution in [1.29, 1.82) is 0 Å². The molecule has 2 rings (SSSR count). The van der Waals surface area contributed by atoms with E-state index >= 15 is 0 Å². The van der Waals surface area contributed by atoms with Crippen LogP contribution >= 0.6 is 22.7 Å². The summed E-state index contributed by atoms with van der Waals surface area (Å²) in [5, 5.41) is 4.14. The number of aryl methyl sites for hydroxylation is 1. The van der Waals surface area contributed by atoms with Crippen molar-refractivity contribution in [2.24, 2.45) is 5.84 Å². The third-order valence-corrected chi connectivity index (χ3v) is 4.23. The van der Waals surface area contributed by atoms with E-state index in [1.54, 1.807) is 29.8 Å². The van der Waals surface area contributed by atoms with Crippen LogP contribution in [0.4, 0.5) is 0 Å². The molecular formula is C11H14N2OS2. The molecule has 1 unspecified atom stereocenters. The predicted octanol–water partition coefficient (Wildman–Crippen LogP) is 2.68. The van der Waals surface area contributed by atoms with Gasteiger partial charge in [-0.1, -0.05) is 0 Å². The smallest absolute Gasteiger partial charge is 0.134 e. The molecule has 0 fully saturated rings. The molecule has 86 valence electrons. The van der Waals surface area contributed by atoms with Crippen LogP contribution in [0.25, 0.3) is 0 Å². The summed E-state index contributed by atoms with van der Waals surface area (Å²) in [5.41, 5.74) is 4.03. The van der Waals surface area contributed by atoms with Crippen molar-refractivity contribution in [3.05, 3.63) is 38.2 Å². The van der Waals surface area contributed by atoms with E-state index < -0.39 is 0 Å². The molecule has 0 bridgehead atoms. The van der Waals surface area contributed by atoms with Crippen LogP contribution in [-0.2, 0) is 0 Å². The van der Waals surface area contributed by atoms with E-state index in [1.165, 1.54) is 10.4 Å². The molecule has 3 N–H and O–H groups in total. The van der Waals surface area contributed by atoms with Crippen LogP contribution in [0.1, 0.15) is 21.4 Å². The number of nitrogens with two attached hydrogens (primary N) is 1. The average Bonchev–Trinajstić information content (AvgIpc) is 2.89. The lowest BCUT2D eigenvalue weighted by Crippen LogP contribution is -2.28. The molecule has 2 aromatic heterocycles. The number of ether oxygens (including phenoxy) is 1. The van der Waals surface area contributed by atoms with Crippen LogP contribution in [0.2, 0.25) is 0 Å². The maximum Gasteiger partial charge on any atom is 0.134 e. The fourth-order valence-corrected chi connectivity index (χ4v) is 3.30. The van der Waals surface area contributed by atoms with E-state index in [4.69, 9.17) is 10.6 Å². The van der Waals surface area contributed by atoms with Crippen LogP contribution in [0.3, 0.4) is 0 Å². The number of nitrogens with one attached hydrogen (secondary N) is 1. The third kappa shape index (κ3) is 2.12. The molecule has 3 nitrogen and oxygen atoms in total. The van der Waals surface area contributed by atoms with Gasteiger partial charge in [0.2, 0.25) is 0 Å². The van der Waals surface area contributed by atoms with E-state index in [-0.39, 0.29) is 6.04 Å². The van der Waals surface area contributed by atoms with Gasteiger partial charge in [0.1, 0.15) is 5.75 Å². The van der Waals surface area contributed by atoms with E-state index in [9.17, 15) is 0 Å². The van der Waals surface area contributed by atoms with Gasteiger partial charge in [-0.2, -0.15) is 0 Å². The monoisotopic (exact) mass is 254 g/mol. The lowest BCUT2D eigenvalue weighted by atomic mass is 10.1. The number of rotatable bonds is 4. The average molecular weight is 254 g/mol. The molecular weight excluding hydrogens is 240 g/mol. The standard InChI is InChI=1S/C11H14N2OS2/c1-7-5-8(6-16-7)10(13-12)11-9(14-2)3-4-15-11/h3-6,10,13H,12H2,1-2H3. The summed E-state index contributed by atoms with van der Waals surface area (Å²) in [5.74, 6) is 6.52. The highest BCUT2D eigenvalue weighted by Crippen LogP contribution is 2.35. The van der Waals surface area contributed by atoms with E-state index in [0.29, 0.717) is 0 Å². The molecule has 2 aromatic rings. The molecule has 0 saturated heterocycles. The van der Waals surface area contributed by atoms with E-state index in [2.05, 4.69) is 23.8 Å². The van der Waals surface area contributed by atoms with Crippen molar-refractivity contribution in [3.63, 3.8) is 0 Å². The zero-order valence-electron chi connectivity index (χ0n) is 9.19. The zero-order chi connectivity index (χ0) is 11.5.